The molecule has 1 unspecified atom stereocenters. The summed E-state index contributed by atoms with van der Waals surface area (Å²) in [6, 6.07) is 3.61. The van der Waals surface area contributed by atoms with Crippen LogP contribution in [0.5, 0.6) is 0 Å². The van der Waals surface area contributed by atoms with E-state index in [1.54, 1.807) is 11.9 Å². The van der Waals surface area contributed by atoms with Gasteiger partial charge in [-0.05, 0) is 13.0 Å². The molecule has 6 nitrogen and oxygen atoms in total. The van der Waals surface area contributed by atoms with E-state index < -0.39 is 5.91 Å². The third kappa shape index (κ3) is 2.84. The van der Waals surface area contributed by atoms with Gasteiger partial charge in [0.25, 0.3) is 5.91 Å². The van der Waals surface area contributed by atoms with Crippen molar-refractivity contribution in [2.75, 3.05) is 17.7 Å². The molecule has 4 N–H and O–H groups in total. The molecule has 0 bridgehead atoms. The average molecular weight is 233 g/mol. The Hall–Kier alpha value is -2.29. The quantitative estimate of drug-likeness (QED) is 0.787. The first kappa shape index (κ1) is 12.8. The fourth-order valence-electron chi connectivity index (χ4n) is 1.36. The van der Waals surface area contributed by atoms with Crippen LogP contribution in [0.15, 0.2) is 12.3 Å². The van der Waals surface area contributed by atoms with E-state index in [-0.39, 0.29) is 17.3 Å². The Balaban J connectivity index is 3.04. The molecular formula is C11H15N5O. The van der Waals surface area contributed by atoms with Crippen LogP contribution in [0.1, 0.15) is 23.7 Å². The largest absolute Gasteiger partial charge is 0.397 e. The van der Waals surface area contributed by atoms with Gasteiger partial charge in [0, 0.05) is 13.1 Å². The summed E-state index contributed by atoms with van der Waals surface area (Å²) in [6.45, 7) is 1.89. The molecule has 0 radical (unpaired) electrons. The van der Waals surface area contributed by atoms with Crippen molar-refractivity contribution < 1.29 is 4.79 Å². The molecule has 6 heteroatoms. The average Bonchev–Trinajstić information content (AvgIpc) is 2.28. The predicted molar refractivity (Wildman–Crippen MR) is 65.3 cm³/mol. The Morgan fingerprint density at radius 3 is 2.88 bits per heavy atom. The molecule has 1 heterocycles. The van der Waals surface area contributed by atoms with Crippen LogP contribution in [-0.4, -0.2) is 24.0 Å². The van der Waals surface area contributed by atoms with E-state index in [0.717, 1.165) is 0 Å². The standard InChI is InChI=1S/C11H15N5O/c1-7(3-4-12)16(2)10-5-8(11(14)17)9(13)6-15-10/h5-7H,3,13H2,1-2H3,(H2,14,17). The zero-order chi connectivity index (χ0) is 13.0. The summed E-state index contributed by atoms with van der Waals surface area (Å²) in [5.74, 6) is -0.0248. The topological polar surface area (TPSA) is 109 Å². The number of carbonyl (C=O) groups excluding carboxylic acids is 1. The van der Waals surface area contributed by atoms with Crippen LogP contribution in [0.3, 0.4) is 0 Å². The molecule has 0 aliphatic rings. The van der Waals surface area contributed by atoms with Gasteiger partial charge >= 0.3 is 0 Å². The van der Waals surface area contributed by atoms with E-state index in [1.807, 2.05) is 6.92 Å². The second-order valence-corrected chi connectivity index (χ2v) is 3.82. The number of rotatable bonds is 4. The van der Waals surface area contributed by atoms with Gasteiger partial charge in [-0.15, -0.1) is 0 Å². The molecule has 17 heavy (non-hydrogen) atoms. The molecule has 1 aromatic heterocycles. The maximum Gasteiger partial charge on any atom is 0.250 e. The zero-order valence-corrected chi connectivity index (χ0v) is 9.84. The van der Waals surface area contributed by atoms with E-state index in [2.05, 4.69) is 11.1 Å². The van der Waals surface area contributed by atoms with Crippen LogP contribution in [-0.2, 0) is 0 Å². The lowest BCUT2D eigenvalue weighted by molar-refractivity contribution is 0.100. The lowest BCUT2D eigenvalue weighted by Crippen LogP contribution is -2.29. The summed E-state index contributed by atoms with van der Waals surface area (Å²) >= 11 is 0. The van der Waals surface area contributed by atoms with Crippen LogP contribution in [0.2, 0.25) is 0 Å². The minimum atomic E-state index is -0.590. The minimum absolute atomic E-state index is 0.00292. The molecule has 0 aliphatic carbocycles. The van der Waals surface area contributed by atoms with Gasteiger partial charge in [-0.3, -0.25) is 4.79 Å². The Labute approximate surface area is 99.8 Å². The SMILES string of the molecule is CC(CC#N)N(C)c1cc(C(N)=O)c(N)cn1. The van der Waals surface area contributed by atoms with Crippen LogP contribution in [0, 0.1) is 11.3 Å². The molecule has 90 valence electrons. The Kier molecular flexibility index (Phi) is 3.88. The van der Waals surface area contributed by atoms with Crippen molar-refractivity contribution in [2.24, 2.45) is 5.73 Å². The summed E-state index contributed by atoms with van der Waals surface area (Å²) in [6.07, 6.45) is 1.76. The van der Waals surface area contributed by atoms with Crippen LogP contribution in [0.4, 0.5) is 11.5 Å². The molecule has 0 saturated heterocycles. The molecule has 0 aromatic carbocycles. The van der Waals surface area contributed by atoms with Gasteiger partial charge < -0.3 is 16.4 Å². The fourth-order valence-corrected chi connectivity index (χ4v) is 1.36. The molecular weight excluding hydrogens is 218 g/mol. The van der Waals surface area contributed by atoms with Crippen molar-refractivity contribution >= 4 is 17.4 Å². The first-order valence-electron chi connectivity index (χ1n) is 5.12. The van der Waals surface area contributed by atoms with Gasteiger partial charge in [0.1, 0.15) is 5.82 Å². The van der Waals surface area contributed by atoms with Gasteiger partial charge in [0.2, 0.25) is 0 Å². The number of anilines is 2. The predicted octanol–water partition coefficient (Wildman–Crippen LogP) is 0.501. The lowest BCUT2D eigenvalue weighted by atomic mass is 10.2. The summed E-state index contributed by atoms with van der Waals surface area (Å²) in [4.78, 5) is 17.0. The number of carbonyl (C=O) groups is 1. The molecule has 1 amide bonds. The van der Waals surface area contributed by atoms with Crippen LogP contribution < -0.4 is 16.4 Å². The minimum Gasteiger partial charge on any atom is -0.397 e. The molecule has 0 saturated carbocycles. The van der Waals surface area contributed by atoms with E-state index in [9.17, 15) is 4.79 Å². The molecule has 1 rings (SSSR count). The van der Waals surface area contributed by atoms with Gasteiger partial charge in [0.15, 0.2) is 0 Å². The summed E-state index contributed by atoms with van der Waals surface area (Å²) in [5, 5.41) is 8.63. The van der Waals surface area contributed by atoms with Crippen molar-refractivity contribution in [3.8, 4) is 6.07 Å². The number of amides is 1. The molecule has 0 spiro atoms. The number of nitriles is 1. The third-order valence-corrected chi connectivity index (χ3v) is 2.60. The first-order chi connectivity index (χ1) is 7.97. The fraction of sp³-hybridized carbons (Fsp3) is 0.364. The number of pyridine rings is 1. The zero-order valence-electron chi connectivity index (χ0n) is 9.84. The highest BCUT2D eigenvalue weighted by Crippen LogP contribution is 2.19. The van der Waals surface area contributed by atoms with Crippen molar-refractivity contribution in [3.63, 3.8) is 0 Å². The maximum absolute atomic E-state index is 11.1. The summed E-state index contributed by atoms with van der Waals surface area (Å²) in [7, 11) is 1.80. The second-order valence-electron chi connectivity index (χ2n) is 3.82. The molecule has 1 aromatic rings. The normalized spacial score (nSPS) is 11.6. The smallest absolute Gasteiger partial charge is 0.250 e. The third-order valence-electron chi connectivity index (χ3n) is 2.60. The number of nitrogen functional groups attached to an aromatic ring is 1. The van der Waals surface area contributed by atoms with Gasteiger partial charge in [-0.25, -0.2) is 4.98 Å². The molecule has 0 fully saturated rings. The lowest BCUT2D eigenvalue weighted by Gasteiger charge is -2.24. The van der Waals surface area contributed by atoms with Crippen molar-refractivity contribution in [2.45, 2.75) is 19.4 Å². The number of primary amides is 1. The van der Waals surface area contributed by atoms with Gasteiger partial charge in [-0.1, -0.05) is 0 Å². The van der Waals surface area contributed by atoms with Crippen molar-refractivity contribution in [3.05, 3.63) is 17.8 Å². The molecule has 0 aliphatic heterocycles. The van der Waals surface area contributed by atoms with Gasteiger partial charge in [-0.2, -0.15) is 5.26 Å². The summed E-state index contributed by atoms with van der Waals surface area (Å²) in [5.41, 5.74) is 11.3. The van der Waals surface area contributed by atoms with Crippen molar-refractivity contribution in [1.29, 1.82) is 5.26 Å². The Morgan fingerprint density at radius 2 is 2.35 bits per heavy atom. The number of aromatic nitrogens is 1. The van der Waals surface area contributed by atoms with Crippen LogP contribution in [0.25, 0.3) is 0 Å². The highest BCUT2D eigenvalue weighted by Gasteiger charge is 2.14. The number of nitrogens with two attached hydrogens (primary N) is 2. The Bertz CT molecular complexity index is 465. The maximum atomic E-state index is 11.1. The first-order valence-corrected chi connectivity index (χ1v) is 5.12. The number of hydrogen-bond donors (Lipinski definition) is 2. The Morgan fingerprint density at radius 1 is 1.71 bits per heavy atom. The van der Waals surface area contributed by atoms with Crippen LogP contribution >= 0.6 is 0 Å². The highest BCUT2D eigenvalue weighted by molar-refractivity contribution is 5.98. The number of hydrogen-bond acceptors (Lipinski definition) is 5. The van der Waals surface area contributed by atoms with Gasteiger partial charge in [0.05, 0.1) is 29.9 Å². The van der Waals surface area contributed by atoms with E-state index in [4.69, 9.17) is 16.7 Å². The van der Waals surface area contributed by atoms with E-state index in [1.165, 1.54) is 12.3 Å². The van der Waals surface area contributed by atoms with E-state index in [0.29, 0.717) is 12.2 Å². The molecule has 1 atom stereocenters. The highest BCUT2D eigenvalue weighted by atomic mass is 16.1. The summed E-state index contributed by atoms with van der Waals surface area (Å²) < 4.78 is 0. The van der Waals surface area contributed by atoms with Crippen molar-refractivity contribution in [1.82, 2.24) is 4.98 Å². The second kappa shape index (κ2) is 5.16. The monoisotopic (exact) mass is 233 g/mol. The number of nitrogens with zero attached hydrogens (tertiary/aromatic N) is 3. The van der Waals surface area contributed by atoms with E-state index >= 15 is 0 Å².